The molecule has 3 N–H and O–H groups in total. The van der Waals surface area contributed by atoms with Crippen LogP contribution in [0, 0.1) is 5.92 Å². The van der Waals surface area contributed by atoms with Crippen molar-refractivity contribution in [1.29, 1.82) is 0 Å². The minimum absolute atomic E-state index is 0.0451. The van der Waals surface area contributed by atoms with Gasteiger partial charge in [0.1, 0.15) is 46.5 Å². The second-order valence-corrected chi connectivity index (χ2v) is 10.2. The molecule has 0 spiro atoms. The van der Waals surface area contributed by atoms with E-state index in [-0.39, 0.29) is 30.2 Å². The van der Waals surface area contributed by atoms with E-state index in [4.69, 9.17) is 22.1 Å². The lowest BCUT2D eigenvalue weighted by molar-refractivity contribution is -0.138. The number of piperidine rings is 1. The number of fused-ring (bicyclic) bond motifs is 4. The third-order valence-corrected chi connectivity index (χ3v) is 7.53. The van der Waals surface area contributed by atoms with Gasteiger partial charge in [-0.05, 0) is 52.9 Å². The van der Waals surface area contributed by atoms with E-state index in [0.29, 0.717) is 55.5 Å². The van der Waals surface area contributed by atoms with Gasteiger partial charge in [-0.15, -0.1) is 0 Å². The van der Waals surface area contributed by atoms with Gasteiger partial charge >= 0.3 is 0 Å². The first-order chi connectivity index (χ1) is 17.4. The molecule has 1 aliphatic carbocycles. The highest BCUT2D eigenvalue weighted by Crippen LogP contribution is 2.48. The number of anilines is 2. The first-order valence-electron chi connectivity index (χ1n) is 11.4. The van der Waals surface area contributed by atoms with Gasteiger partial charge in [-0.3, -0.25) is 9.59 Å². The number of aromatic nitrogens is 4. The predicted molar refractivity (Wildman–Crippen MR) is 139 cm³/mol. The zero-order valence-corrected chi connectivity index (χ0v) is 21.5. The number of ether oxygens (including phenoxy) is 1. The number of nitrogens with zero attached hydrogens (tertiary/aromatic N) is 5. The van der Waals surface area contributed by atoms with Crippen molar-refractivity contribution in [2.45, 2.75) is 31.5 Å². The molecule has 12 heteroatoms. The highest BCUT2D eigenvalue weighted by Gasteiger charge is 2.56. The van der Waals surface area contributed by atoms with Crippen LogP contribution in [-0.4, -0.2) is 55.4 Å². The van der Waals surface area contributed by atoms with Crippen molar-refractivity contribution < 1.29 is 14.3 Å². The fourth-order valence-electron chi connectivity index (χ4n) is 5.26. The molecule has 4 aromatic rings. The Hall–Kier alpha value is -3.44. The topological polar surface area (TPSA) is 128 Å². The maximum atomic E-state index is 13.8. The monoisotopic (exact) mass is 569 g/mol. The number of rotatable bonds is 5. The van der Waals surface area contributed by atoms with E-state index in [1.807, 2.05) is 0 Å². The summed E-state index contributed by atoms with van der Waals surface area (Å²) in [6, 6.07) is 8.19. The van der Waals surface area contributed by atoms with Crippen LogP contribution in [0.3, 0.4) is 0 Å². The average Bonchev–Trinajstić information content (AvgIpc) is 3.39. The van der Waals surface area contributed by atoms with E-state index in [0.717, 1.165) is 6.42 Å². The molecule has 0 radical (unpaired) electrons. The maximum Gasteiger partial charge on any atom is 0.248 e. The summed E-state index contributed by atoms with van der Waals surface area (Å²) in [5, 5.41) is 4.61. The van der Waals surface area contributed by atoms with Gasteiger partial charge in [-0.2, -0.15) is 0 Å². The van der Waals surface area contributed by atoms with E-state index in [9.17, 15) is 9.59 Å². The first-order valence-corrected chi connectivity index (χ1v) is 12.5. The molecule has 2 fully saturated rings. The van der Waals surface area contributed by atoms with Gasteiger partial charge in [0, 0.05) is 22.5 Å². The number of nitrogens with one attached hydrogen (secondary N) is 1. The Kier molecular flexibility index (Phi) is 5.49. The van der Waals surface area contributed by atoms with Crippen molar-refractivity contribution in [2.24, 2.45) is 5.92 Å². The molecule has 6 rings (SSSR count). The van der Waals surface area contributed by atoms with Crippen LogP contribution in [0.15, 0.2) is 41.3 Å². The molecule has 1 saturated carbocycles. The number of amides is 2. The number of carbonyl (C=O) groups is 2. The Labute approximate surface area is 218 Å². The average molecular weight is 571 g/mol. The standard InChI is InChI=1S/C24H21BrClN7O3/c1-36-16-8-12(26)7-13-20-22(27)28-10-29-23(20)32(21(13)16)9-19(34)33-14-5-11(14)6-15(33)24(35)31-18-4-2-3-17(25)30-18/h2-4,7-8,10-11,14-15H,5-6,9H2,1H3,(H2,27,28,29)(H,30,31,35)/t11-,14-,15+/m1/s1. The molecule has 184 valence electrons. The van der Waals surface area contributed by atoms with E-state index < -0.39 is 6.04 Å². The Bertz CT molecular complexity index is 1560. The van der Waals surface area contributed by atoms with Crippen molar-refractivity contribution in [3.63, 3.8) is 0 Å². The minimum atomic E-state index is -0.578. The quantitative estimate of drug-likeness (QED) is 0.351. The third-order valence-electron chi connectivity index (χ3n) is 6.87. The summed E-state index contributed by atoms with van der Waals surface area (Å²) in [6.07, 6.45) is 2.88. The molecule has 0 bridgehead atoms. The Morgan fingerprint density at radius 3 is 2.89 bits per heavy atom. The molecular formula is C24H21BrClN7O3. The Balaban J connectivity index is 1.36. The van der Waals surface area contributed by atoms with Gasteiger partial charge in [0.05, 0.1) is 18.0 Å². The molecule has 1 saturated heterocycles. The smallest absolute Gasteiger partial charge is 0.248 e. The van der Waals surface area contributed by atoms with Gasteiger partial charge in [0.15, 0.2) is 0 Å². The lowest BCUT2D eigenvalue weighted by atomic mass is 10.1. The van der Waals surface area contributed by atoms with Crippen LogP contribution in [0.5, 0.6) is 5.75 Å². The fourth-order valence-corrected chi connectivity index (χ4v) is 5.82. The summed E-state index contributed by atoms with van der Waals surface area (Å²) in [7, 11) is 1.54. The molecule has 3 atom stereocenters. The number of methoxy groups -OCH3 is 1. The molecule has 1 aromatic carbocycles. The number of carbonyl (C=O) groups excluding carboxylic acids is 2. The molecule has 2 amide bonds. The SMILES string of the molecule is COc1cc(Cl)cc2c3c(N)ncnc3n(CC(=O)N3[C@@H]4C[C@@H]4C[C@H]3C(=O)Nc3cccc(Br)n3)c12. The van der Waals surface area contributed by atoms with Crippen LogP contribution in [0.1, 0.15) is 12.8 Å². The number of hydrogen-bond acceptors (Lipinski definition) is 7. The number of nitrogens with two attached hydrogens (primary N) is 1. The summed E-state index contributed by atoms with van der Waals surface area (Å²) in [6.45, 7) is -0.0451. The number of likely N-dealkylation sites (tertiary alicyclic amines) is 1. The van der Waals surface area contributed by atoms with Crippen LogP contribution in [-0.2, 0) is 16.1 Å². The van der Waals surface area contributed by atoms with E-state index in [2.05, 4.69) is 36.2 Å². The van der Waals surface area contributed by atoms with Crippen LogP contribution in [0.25, 0.3) is 21.9 Å². The summed E-state index contributed by atoms with van der Waals surface area (Å²) < 4.78 is 7.98. The van der Waals surface area contributed by atoms with Crippen LogP contribution in [0.4, 0.5) is 11.6 Å². The van der Waals surface area contributed by atoms with Gasteiger partial charge in [-0.25, -0.2) is 15.0 Å². The molecule has 3 aromatic heterocycles. The number of hydrogen-bond donors (Lipinski definition) is 2. The minimum Gasteiger partial charge on any atom is -0.494 e. The number of halogens is 2. The van der Waals surface area contributed by atoms with Gasteiger partial charge in [0.25, 0.3) is 0 Å². The highest BCUT2D eigenvalue weighted by atomic mass is 79.9. The summed E-state index contributed by atoms with van der Waals surface area (Å²) in [5.41, 5.74) is 7.34. The maximum absolute atomic E-state index is 13.8. The van der Waals surface area contributed by atoms with E-state index in [1.54, 1.807) is 39.8 Å². The van der Waals surface area contributed by atoms with Gasteiger partial charge in [-0.1, -0.05) is 17.7 Å². The third kappa shape index (κ3) is 3.73. The predicted octanol–water partition coefficient (Wildman–Crippen LogP) is 3.61. The fraction of sp³-hybridized carbons (Fsp3) is 0.292. The zero-order chi connectivity index (χ0) is 25.1. The normalized spacial score (nSPS) is 20.5. The molecule has 2 aliphatic rings. The van der Waals surface area contributed by atoms with Crippen molar-refractivity contribution in [3.8, 4) is 5.75 Å². The molecule has 4 heterocycles. The zero-order valence-electron chi connectivity index (χ0n) is 19.1. The number of benzene rings is 1. The molecule has 1 aliphatic heterocycles. The number of pyridine rings is 1. The van der Waals surface area contributed by atoms with Crippen LogP contribution < -0.4 is 15.8 Å². The first kappa shape index (κ1) is 23.0. The summed E-state index contributed by atoms with van der Waals surface area (Å²) in [4.78, 5) is 41.5. The largest absolute Gasteiger partial charge is 0.494 e. The van der Waals surface area contributed by atoms with Gasteiger partial charge in [0.2, 0.25) is 11.8 Å². The second kappa shape index (κ2) is 8.59. The summed E-state index contributed by atoms with van der Waals surface area (Å²) in [5.74, 6) is 1.09. The van der Waals surface area contributed by atoms with Crippen molar-refractivity contribution >= 4 is 72.9 Å². The van der Waals surface area contributed by atoms with Crippen molar-refractivity contribution in [2.75, 3.05) is 18.2 Å². The van der Waals surface area contributed by atoms with E-state index in [1.165, 1.54) is 13.4 Å². The Morgan fingerprint density at radius 2 is 2.11 bits per heavy atom. The van der Waals surface area contributed by atoms with Crippen LogP contribution in [0.2, 0.25) is 5.02 Å². The lowest BCUT2D eigenvalue weighted by Crippen LogP contribution is -2.46. The molecule has 10 nitrogen and oxygen atoms in total. The van der Waals surface area contributed by atoms with Crippen molar-refractivity contribution in [1.82, 2.24) is 24.4 Å². The lowest BCUT2D eigenvalue weighted by Gasteiger charge is -2.27. The molecule has 36 heavy (non-hydrogen) atoms. The summed E-state index contributed by atoms with van der Waals surface area (Å²) >= 11 is 9.64. The van der Waals surface area contributed by atoms with Crippen molar-refractivity contribution in [3.05, 3.63) is 46.3 Å². The Morgan fingerprint density at radius 1 is 1.28 bits per heavy atom. The van der Waals surface area contributed by atoms with Crippen LogP contribution >= 0.6 is 27.5 Å². The second-order valence-electron chi connectivity index (χ2n) is 9.00. The molecular weight excluding hydrogens is 550 g/mol. The highest BCUT2D eigenvalue weighted by molar-refractivity contribution is 9.10. The number of nitrogen functional groups attached to an aromatic ring is 1. The molecule has 0 unspecified atom stereocenters. The van der Waals surface area contributed by atoms with E-state index >= 15 is 0 Å². The van der Waals surface area contributed by atoms with Gasteiger partial charge < -0.3 is 25.3 Å².